The normalized spacial score (nSPS) is 13.2. The van der Waals surface area contributed by atoms with Gasteiger partial charge in [-0.2, -0.15) is 0 Å². The second-order valence-electron chi connectivity index (χ2n) is 8.55. The van der Waals surface area contributed by atoms with Crippen molar-refractivity contribution in [3.63, 3.8) is 0 Å². The number of carbonyl (C=O) groups excluding carboxylic acids is 2. The molecule has 0 heterocycles. The molecule has 0 saturated carbocycles. The van der Waals surface area contributed by atoms with Gasteiger partial charge in [-0.05, 0) is 56.2 Å². The van der Waals surface area contributed by atoms with E-state index < -0.39 is 0 Å². The lowest BCUT2D eigenvalue weighted by Gasteiger charge is -2.06. The van der Waals surface area contributed by atoms with Crippen molar-refractivity contribution in [3.8, 4) is 5.75 Å². The SMILES string of the molecule is CCCCCCCC/C=C\CCCCCCCC(=O)Oc1ccc2c(c1)C(=O)CC2. The number of benzene rings is 1. The molecule has 0 unspecified atom stereocenters. The van der Waals surface area contributed by atoms with Crippen LogP contribution in [0.25, 0.3) is 0 Å². The van der Waals surface area contributed by atoms with Crippen LogP contribution in [-0.2, 0) is 11.2 Å². The highest BCUT2D eigenvalue weighted by Crippen LogP contribution is 2.26. The Morgan fingerprint density at radius 1 is 0.867 bits per heavy atom. The van der Waals surface area contributed by atoms with Crippen LogP contribution in [0.1, 0.15) is 119 Å². The zero-order chi connectivity index (χ0) is 21.4. The van der Waals surface area contributed by atoms with Crippen molar-refractivity contribution in [2.45, 2.75) is 110 Å². The fourth-order valence-corrected chi connectivity index (χ4v) is 4.00. The van der Waals surface area contributed by atoms with Crippen LogP contribution < -0.4 is 4.74 Å². The summed E-state index contributed by atoms with van der Waals surface area (Å²) < 4.78 is 5.41. The minimum Gasteiger partial charge on any atom is -0.427 e. The molecule has 0 radical (unpaired) electrons. The van der Waals surface area contributed by atoms with Crippen molar-refractivity contribution >= 4 is 11.8 Å². The van der Waals surface area contributed by atoms with E-state index in [4.69, 9.17) is 4.74 Å². The third-order valence-electron chi connectivity index (χ3n) is 5.88. The van der Waals surface area contributed by atoms with Gasteiger partial charge in [0.05, 0.1) is 0 Å². The van der Waals surface area contributed by atoms with Gasteiger partial charge < -0.3 is 4.74 Å². The third kappa shape index (κ3) is 9.73. The molecule has 3 heteroatoms. The summed E-state index contributed by atoms with van der Waals surface area (Å²) >= 11 is 0. The Balaban J connectivity index is 1.42. The Bertz CT molecular complexity index is 675. The number of aryl methyl sites for hydroxylation is 1. The van der Waals surface area contributed by atoms with Crippen LogP contribution >= 0.6 is 0 Å². The first-order valence-corrected chi connectivity index (χ1v) is 12.2. The summed E-state index contributed by atoms with van der Waals surface area (Å²) in [7, 11) is 0. The molecule has 0 aliphatic heterocycles. The Morgan fingerprint density at radius 2 is 1.50 bits per heavy atom. The number of unbranched alkanes of at least 4 members (excludes halogenated alkanes) is 11. The van der Waals surface area contributed by atoms with Gasteiger partial charge in [0.2, 0.25) is 0 Å². The first-order valence-electron chi connectivity index (χ1n) is 12.2. The number of rotatable bonds is 16. The number of carbonyl (C=O) groups is 2. The number of allylic oxidation sites excluding steroid dienone is 2. The molecule has 1 aromatic rings. The molecule has 1 aliphatic carbocycles. The molecule has 2 rings (SSSR count). The van der Waals surface area contributed by atoms with Crippen molar-refractivity contribution in [1.82, 2.24) is 0 Å². The number of hydrogen-bond donors (Lipinski definition) is 0. The van der Waals surface area contributed by atoms with Crippen LogP contribution in [0, 0.1) is 0 Å². The van der Waals surface area contributed by atoms with E-state index in [1.54, 1.807) is 12.1 Å². The molecule has 0 bridgehead atoms. The van der Waals surface area contributed by atoms with Crippen molar-refractivity contribution < 1.29 is 14.3 Å². The maximum absolute atomic E-state index is 12.0. The van der Waals surface area contributed by atoms with Gasteiger partial charge in [-0.1, -0.05) is 76.5 Å². The molecule has 1 aromatic carbocycles. The highest BCUT2D eigenvalue weighted by Gasteiger charge is 2.20. The highest BCUT2D eigenvalue weighted by molar-refractivity contribution is 6.00. The zero-order valence-corrected chi connectivity index (χ0v) is 18.9. The second kappa shape index (κ2) is 15.0. The monoisotopic (exact) mass is 412 g/mol. The number of ketones is 1. The van der Waals surface area contributed by atoms with E-state index in [1.807, 2.05) is 6.07 Å². The van der Waals surface area contributed by atoms with E-state index in [9.17, 15) is 9.59 Å². The van der Waals surface area contributed by atoms with Crippen molar-refractivity contribution in [3.05, 3.63) is 41.5 Å². The lowest BCUT2D eigenvalue weighted by Crippen LogP contribution is -2.08. The van der Waals surface area contributed by atoms with Gasteiger partial charge in [0, 0.05) is 18.4 Å². The van der Waals surface area contributed by atoms with Crippen LogP contribution in [0.4, 0.5) is 0 Å². The molecule has 0 N–H and O–H groups in total. The van der Waals surface area contributed by atoms with Crippen LogP contribution in [0.15, 0.2) is 30.4 Å². The highest BCUT2D eigenvalue weighted by atomic mass is 16.5. The summed E-state index contributed by atoms with van der Waals surface area (Å²) in [5.41, 5.74) is 1.79. The average molecular weight is 413 g/mol. The summed E-state index contributed by atoms with van der Waals surface area (Å²) in [4.78, 5) is 23.8. The fraction of sp³-hybridized carbons (Fsp3) is 0.630. The predicted molar refractivity (Wildman–Crippen MR) is 124 cm³/mol. The molecule has 0 atom stereocenters. The van der Waals surface area contributed by atoms with E-state index in [0.717, 1.165) is 30.4 Å². The molecular weight excluding hydrogens is 372 g/mol. The predicted octanol–water partition coefficient (Wildman–Crippen LogP) is 7.76. The maximum atomic E-state index is 12.0. The first-order chi connectivity index (χ1) is 14.7. The van der Waals surface area contributed by atoms with Gasteiger partial charge in [-0.15, -0.1) is 0 Å². The summed E-state index contributed by atoms with van der Waals surface area (Å²) in [5, 5.41) is 0. The summed E-state index contributed by atoms with van der Waals surface area (Å²) in [6.45, 7) is 2.26. The first kappa shape index (κ1) is 24.4. The maximum Gasteiger partial charge on any atom is 0.311 e. The molecule has 166 valence electrons. The second-order valence-corrected chi connectivity index (χ2v) is 8.55. The Kier molecular flexibility index (Phi) is 12.2. The number of Topliss-reactive ketones (excluding diaryl/α,β-unsaturated/α-hetero) is 1. The molecule has 1 aliphatic rings. The van der Waals surface area contributed by atoms with Gasteiger partial charge >= 0.3 is 5.97 Å². The number of ether oxygens (including phenoxy) is 1. The fourth-order valence-electron chi connectivity index (χ4n) is 4.00. The number of fused-ring (bicyclic) bond motifs is 1. The van der Waals surface area contributed by atoms with Crippen molar-refractivity contribution in [2.24, 2.45) is 0 Å². The molecule has 0 amide bonds. The molecular formula is C27H40O3. The van der Waals surface area contributed by atoms with Crippen molar-refractivity contribution in [1.29, 1.82) is 0 Å². The largest absolute Gasteiger partial charge is 0.427 e. The Labute approximate surface area is 183 Å². The summed E-state index contributed by atoms with van der Waals surface area (Å²) in [6.07, 6.45) is 22.7. The van der Waals surface area contributed by atoms with Crippen LogP contribution in [0.2, 0.25) is 0 Å². The van der Waals surface area contributed by atoms with Crippen LogP contribution in [0.3, 0.4) is 0 Å². The summed E-state index contributed by atoms with van der Waals surface area (Å²) in [6, 6.07) is 5.43. The number of hydrogen-bond acceptors (Lipinski definition) is 3. The smallest absolute Gasteiger partial charge is 0.311 e. The molecule has 0 aromatic heterocycles. The van der Waals surface area contributed by atoms with Crippen LogP contribution in [0.5, 0.6) is 5.75 Å². The van der Waals surface area contributed by atoms with E-state index >= 15 is 0 Å². The molecule has 0 fully saturated rings. The third-order valence-corrected chi connectivity index (χ3v) is 5.88. The van der Waals surface area contributed by atoms with Gasteiger partial charge in [0.1, 0.15) is 5.75 Å². The lowest BCUT2D eigenvalue weighted by atomic mass is 10.1. The molecule has 0 saturated heterocycles. The van der Waals surface area contributed by atoms with Gasteiger partial charge in [-0.3, -0.25) is 9.59 Å². The molecule has 0 spiro atoms. The average Bonchev–Trinajstić information content (AvgIpc) is 3.11. The van der Waals surface area contributed by atoms with E-state index in [2.05, 4.69) is 19.1 Å². The standard InChI is InChI=1S/C27H40O3/c1-2-3-4-5-6-7-8-9-10-11-12-13-14-15-16-17-27(29)30-24-20-18-23-19-21-26(28)25(23)22-24/h9-10,18,20,22H,2-8,11-17,19,21H2,1H3/b10-9-. The van der Waals surface area contributed by atoms with Gasteiger partial charge in [-0.25, -0.2) is 0 Å². The zero-order valence-electron chi connectivity index (χ0n) is 18.9. The lowest BCUT2D eigenvalue weighted by molar-refractivity contribution is -0.134. The topological polar surface area (TPSA) is 43.4 Å². The minimum atomic E-state index is -0.196. The quantitative estimate of drug-likeness (QED) is 0.121. The van der Waals surface area contributed by atoms with Crippen molar-refractivity contribution in [2.75, 3.05) is 0 Å². The van der Waals surface area contributed by atoms with E-state index in [1.165, 1.54) is 70.6 Å². The van der Waals surface area contributed by atoms with Crippen LogP contribution in [-0.4, -0.2) is 11.8 Å². The number of esters is 1. The Morgan fingerprint density at radius 3 is 2.20 bits per heavy atom. The van der Waals surface area contributed by atoms with Gasteiger partial charge in [0.25, 0.3) is 0 Å². The molecule has 3 nitrogen and oxygen atoms in total. The summed E-state index contributed by atoms with van der Waals surface area (Å²) in [5.74, 6) is 0.458. The van der Waals surface area contributed by atoms with E-state index in [-0.39, 0.29) is 11.8 Å². The molecule has 30 heavy (non-hydrogen) atoms. The Hall–Kier alpha value is -1.90. The van der Waals surface area contributed by atoms with E-state index in [0.29, 0.717) is 18.6 Å². The van der Waals surface area contributed by atoms with Gasteiger partial charge in [0.15, 0.2) is 5.78 Å². The minimum absolute atomic E-state index is 0.153.